The fourth-order valence-corrected chi connectivity index (χ4v) is 4.55. The zero-order valence-corrected chi connectivity index (χ0v) is 18.9. The van der Waals surface area contributed by atoms with Crippen LogP contribution in [0, 0.1) is 5.82 Å². The minimum absolute atomic E-state index is 0.294. The molecule has 32 heavy (non-hydrogen) atoms. The fraction of sp³-hybridized carbons (Fsp3) is 0.440. The average Bonchev–Trinajstić information content (AvgIpc) is 2.79. The maximum atomic E-state index is 14.2. The highest BCUT2D eigenvalue weighted by atomic mass is 19.1. The number of cyclic esters (lactones) is 1. The number of piperazine rings is 1. The molecule has 2 aromatic carbocycles. The first-order valence-electron chi connectivity index (χ1n) is 11.2. The number of esters is 1. The zero-order valence-electron chi connectivity index (χ0n) is 18.9. The summed E-state index contributed by atoms with van der Waals surface area (Å²) >= 11 is 0. The maximum absolute atomic E-state index is 14.2. The van der Waals surface area contributed by atoms with Crippen LogP contribution in [-0.2, 0) is 16.0 Å². The molecule has 1 N–H and O–H groups in total. The first kappa shape index (κ1) is 22.3. The number of halogens is 1. The molecule has 2 unspecified atom stereocenters. The van der Waals surface area contributed by atoms with E-state index in [2.05, 4.69) is 22.0 Å². The summed E-state index contributed by atoms with van der Waals surface area (Å²) < 4.78 is 19.7. The largest absolute Gasteiger partial charge is 0.445 e. The number of amides is 1. The Bertz CT molecular complexity index is 1020. The van der Waals surface area contributed by atoms with E-state index in [0.717, 1.165) is 49.5 Å². The zero-order chi connectivity index (χ0) is 22.9. The molecule has 2 aliphatic heterocycles. The lowest BCUT2D eigenvalue weighted by atomic mass is 9.89. The van der Waals surface area contributed by atoms with Gasteiger partial charge in [-0.1, -0.05) is 25.1 Å². The lowest BCUT2D eigenvalue weighted by molar-refractivity contribution is -0.140. The molecule has 2 heterocycles. The van der Waals surface area contributed by atoms with E-state index in [9.17, 15) is 14.0 Å². The van der Waals surface area contributed by atoms with Crippen molar-refractivity contribution in [2.24, 2.45) is 0 Å². The number of hydrogen-bond acceptors (Lipinski definition) is 5. The van der Waals surface area contributed by atoms with Crippen LogP contribution in [0.4, 0.5) is 10.1 Å². The first-order valence-corrected chi connectivity index (χ1v) is 11.2. The van der Waals surface area contributed by atoms with E-state index in [0.29, 0.717) is 12.0 Å². The van der Waals surface area contributed by atoms with Gasteiger partial charge in [-0.05, 0) is 50.2 Å². The van der Waals surface area contributed by atoms with Crippen LogP contribution < -0.4 is 10.2 Å². The van der Waals surface area contributed by atoms with Crippen molar-refractivity contribution in [1.29, 1.82) is 0 Å². The van der Waals surface area contributed by atoms with Crippen LogP contribution in [0.1, 0.15) is 48.3 Å². The van der Waals surface area contributed by atoms with Crippen LogP contribution in [-0.4, -0.2) is 55.1 Å². The number of likely N-dealkylation sites (N-methyl/N-ethyl adjacent to an activating group) is 1. The van der Waals surface area contributed by atoms with E-state index in [1.807, 2.05) is 19.1 Å². The van der Waals surface area contributed by atoms with Gasteiger partial charge in [0.1, 0.15) is 5.82 Å². The summed E-state index contributed by atoms with van der Waals surface area (Å²) in [6, 6.07) is 11.4. The summed E-state index contributed by atoms with van der Waals surface area (Å²) in [4.78, 5) is 30.3. The monoisotopic (exact) mass is 439 g/mol. The second-order valence-corrected chi connectivity index (χ2v) is 8.77. The molecule has 0 radical (unpaired) electrons. The predicted octanol–water partition coefficient (Wildman–Crippen LogP) is 3.32. The highest BCUT2D eigenvalue weighted by Gasteiger charge is 2.43. The number of rotatable bonds is 5. The summed E-state index contributed by atoms with van der Waals surface area (Å²) in [5, 5.41) is 2.96. The molecule has 170 valence electrons. The van der Waals surface area contributed by atoms with Gasteiger partial charge in [0.2, 0.25) is 0 Å². The lowest BCUT2D eigenvalue weighted by Gasteiger charge is -2.38. The van der Waals surface area contributed by atoms with Gasteiger partial charge in [0, 0.05) is 43.9 Å². The first-order chi connectivity index (χ1) is 15.3. The summed E-state index contributed by atoms with van der Waals surface area (Å²) in [6.45, 7) is 10.2. The van der Waals surface area contributed by atoms with Crippen molar-refractivity contribution in [2.45, 2.75) is 38.8 Å². The molecule has 1 amide bonds. The number of anilines is 1. The molecular formula is C25H30FN3O3. The standard InChI is InChI=1S/C25H30FN3O3/c1-4-28-11-13-29(14-12-28)22-10-9-19(26)15-21(22)17(2)27-24(31)25(3)16-18-7-5-6-8-20(18)23(30)32-25/h5-10,15,17H,4,11-14,16H2,1-3H3,(H,27,31). The predicted molar refractivity (Wildman–Crippen MR) is 121 cm³/mol. The normalized spacial score (nSPS) is 22.1. The molecule has 1 saturated heterocycles. The molecule has 0 aromatic heterocycles. The molecule has 1 fully saturated rings. The van der Waals surface area contributed by atoms with Gasteiger partial charge in [0.25, 0.3) is 5.91 Å². The Labute approximate surface area is 188 Å². The van der Waals surface area contributed by atoms with E-state index in [-0.39, 0.29) is 11.7 Å². The van der Waals surface area contributed by atoms with Gasteiger partial charge >= 0.3 is 5.97 Å². The summed E-state index contributed by atoms with van der Waals surface area (Å²) in [5.41, 5.74) is 1.60. The molecule has 7 heteroatoms. The Hall–Kier alpha value is -2.93. The molecule has 6 nitrogen and oxygen atoms in total. The number of benzene rings is 2. The number of carbonyl (C=O) groups excluding carboxylic acids is 2. The van der Waals surface area contributed by atoms with Crippen molar-refractivity contribution in [3.8, 4) is 0 Å². The van der Waals surface area contributed by atoms with Gasteiger partial charge in [-0.2, -0.15) is 0 Å². The molecular weight excluding hydrogens is 409 g/mol. The third-order valence-corrected chi connectivity index (χ3v) is 6.53. The highest BCUT2D eigenvalue weighted by molar-refractivity contribution is 5.97. The van der Waals surface area contributed by atoms with Gasteiger partial charge in [-0.15, -0.1) is 0 Å². The second-order valence-electron chi connectivity index (χ2n) is 8.77. The lowest BCUT2D eigenvalue weighted by Crippen LogP contribution is -2.52. The number of carbonyl (C=O) groups is 2. The van der Waals surface area contributed by atoms with Crippen LogP contribution in [0.25, 0.3) is 0 Å². The fourth-order valence-electron chi connectivity index (χ4n) is 4.55. The topological polar surface area (TPSA) is 61.9 Å². The number of hydrogen-bond donors (Lipinski definition) is 1. The SMILES string of the molecule is CCN1CCN(c2ccc(F)cc2C(C)NC(=O)C2(C)Cc3ccccc3C(=O)O2)CC1. The van der Waals surface area contributed by atoms with E-state index in [1.165, 1.54) is 12.1 Å². The van der Waals surface area contributed by atoms with Crippen molar-refractivity contribution in [1.82, 2.24) is 10.2 Å². The molecule has 0 aliphatic carbocycles. The van der Waals surface area contributed by atoms with Gasteiger partial charge in [-0.25, -0.2) is 9.18 Å². The van der Waals surface area contributed by atoms with Crippen LogP contribution in [0.3, 0.4) is 0 Å². The Morgan fingerprint density at radius 1 is 1.19 bits per heavy atom. The Balaban J connectivity index is 1.53. The number of nitrogens with one attached hydrogen (secondary N) is 1. The van der Waals surface area contributed by atoms with Crippen molar-refractivity contribution in [3.63, 3.8) is 0 Å². The minimum atomic E-state index is -1.32. The van der Waals surface area contributed by atoms with Gasteiger partial charge in [-0.3, -0.25) is 4.79 Å². The molecule has 2 aliphatic rings. The number of fused-ring (bicyclic) bond motifs is 1. The average molecular weight is 440 g/mol. The van der Waals surface area contributed by atoms with Crippen LogP contribution in [0.2, 0.25) is 0 Å². The summed E-state index contributed by atoms with van der Waals surface area (Å²) in [5.74, 6) is -1.24. The molecule has 2 atom stereocenters. The highest BCUT2D eigenvalue weighted by Crippen LogP contribution is 2.31. The van der Waals surface area contributed by atoms with E-state index < -0.39 is 17.6 Å². The smallest absolute Gasteiger partial charge is 0.339 e. The Morgan fingerprint density at radius 3 is 2.62 bits per heavy atom. The third-order valence-electron chi connectivity index (χ3n) is 6.53. The van der Waals surface area contributed by atoms with Crippen LogP contribution >= 0.6 is 0 Å². The van der Waals surface area contributed by atoms with Crippen molar-refractivity contribution in [3.05, 3.63) is 65.0 Å². The number of ether oxygens (including phenoxy) is 1. The second kappa shape index (κ2) is 8.90. The van der Waals surface area contributed by atoms with E-state index in [4.69, 9.17) is 4.74 Å². The Morgan fingerprint density at radius 2 is 1.91 bits per heavy atom. The van der Waals surface area contributed by atoms with E-state index in [1.54, 1.807) is 25.1 Å². The summed E-state index contributed by atoms with van der Waals surface area (Å²) in [7, 11) is 0. The molecule has 0 spiro atoms. The quantitative estimate of drug-likeness (QED) is 0.725. The van der Waals surface area contributed by atoms with Gasteiger partial charge < -0.3 is 19.9 Å². The van der Waals surface area contributed by atoms with Crippen molar-refractivity contribution < 1.29 is 18.7 Å². The Kier molecular flexibility index (Phi) is 6.20. The third kappa shape index (κ3) is 4.35. The van der Waals surface area contributed by atoms with Crippen LogP contribution in [0.5, 0.6) is 0 Å². The molecule has 2 aromatic rings. The van der Waals surface area contributed by atoms with Gasteiger partial charge in [0.15, 0.2) is 5.60 Å². The van der Waals surface area contributed by atoms with Gasteiger partial charge in [0.05, 0.1) is 11.6 Å². The summed E-state index contributed by atoms with van der Waals surface area (Å²) in [6.07, 6.45) is 0.294. The number of nitrogens with zero attached hydrogens (tertiary/aromatic N) is 2. The van der Waals surface area contributed by atoms with E-state index >= 15 is 0 Å². The maximum Gasteiger partial charge on any atom is 0.339 e. The van der Waals surface area contributed by atoms with Crippen molar-refractivity contribution >= 4 is 17.6 Å². The van der Waals surface area contributed by atoms with Crippen molar-refractivity contribution in [2.75, 3.05) is 37.6 Å². The minimum Gasteiger partial charge on any atom is -0.445 e. The molecule has 0 bridgehead atoms. The molecule has 0 saturated carbocycles. The van der Waals surface area contributed by atoms with Crippen LogP contribution in [0.15, 0.2) is 42.5 Å². The molecule has 4 rings (SSSR count).